The highest BCUT2D eigenvalue weighted by Gasteiger charge is 2.40. The monoisotopic (exact) mass is 353 g/mol. The average Bonchev–Trinajstić information content (AvgIpc) is 3.39. The fourth-order valence-corrected chi connectivity index (χ4v) is 2.94. The molecule has 1 amide bonds. The lowest BCUT2D eigenvalue weighted by Crippen LogP contribution is -2.47. The summed E-state index contributed by atoms with van der Waals surface area (Å²) in [5.74, 6) is -0.631. The van der Waals surface area contributed by atoms with Gasteiger partial charge in [0.2, 0.25) is 5.91 Å². The second-order valence-corrected chi connectivity index (χ2v) is 6.41. The number of hydrogen-bond acceptors (Lipinski definition) is 3. The number of hydrogen-bond donors (Lipinski definition) is 0. The molecular weight excluding hydrogens is 335 g/mol. The number of fused-ring (bicyclic) bond motifs is 1. The molecule has 0 spiro atoms. The number of amides is 1. The van der Waals surface area contributed by atoms with Crippen molar-refractivity contribution in [1.82, 2.24) is 14.5 Å². The molecule has 0 radical (unpaired) electrons. The van der Waals surface area contributed by atoms with Crippen molar-refractivity contribution in [3.63, 3.8) is 0 Å². The third-order valence-corrected chi connectivity index (χ3v) is 4.50. The molecule has 0 bridgehead atoms. The Labute approximate surface area is 142 Å². The van der Waals surface area contributed by atoms with Crippen molar-refractivity contribution in [2.45, 2.75) is 38.5 Å². The number of alkyl halides is 3. The summed E-state index contributed by atoms with van der Waals surface area (Å²) in [4.78, 5) is 29.8. The molecule has 2 aromatic rings. The summed E-state index contributed by atoms with van der Waals surface area (Å²) < 4.78 is 39.6. The van der Waals surface area contributed by atoms with Crippen LogP contribution in [-0.2, 0) is 11.3 Å². The smallest absolute Gasteiger partial charge is 0.329 e. The summed E-state index contributed by atoms with van der Waals surface area (Å²) in [6.07, 6.45) is -1.64. The van der Waals surface area contributed by atoms with Crippen LogP contribution in [0.2, 0.25) is 0 Å². The van der Waals surface area contributed by atoms with Crippen LogP contribution in [0.5, 0.6) is 0 Å². The predicted molar refractivity (Wildman–Crippen MR) is 86.0 cm³/mol. The molecule has 1 aromatic heterocycles. The maximum atomic E-state index is 12.9. The van der Waals surface area contributed by atoms with Gasteiger partial charge in [-0.3, -0.25) is 14.2 Å². The quantitative estimate of drug-likeness (QED) is 0.830. The standard InChI is InChI=1S/C17H18F3N3O2/c1-11(12-6-7-12)23(9-17(18,19)20)15(24)8-22-10-21-14-5-3-2-4-13(14)16(22)25/h2-5,10-12H,6-9H2,1H3. The van der Waals surface area contributed by atoms with Gasteiger partial charge in [-0.2, -0.15) is 13.2 Å². The van der Waals surface area contributed by atoms with E-state index in [9.17, 15) is 22.8 Å². The first kappa shape index (κ1) is 17.4. The molecule has 1 fully saturated rings. The number of halogens is 3. The third-order valence-electron chi connectivity index (χ3n) is 4.50. The molecule has 1 heterocycles. The van der Waals surface area contributed by atoms with Crippen molar-refractivity contribution in [3.05, 3.63) is 40.9 Å². The van der Waals surface area contributed by atoms with Crippen LogP contribution in [0.15, 0.2) is 35.4 Å². The normalized spacial score (nSPS) is 16.0. The molecule has 1 aromatic carbocycles. The molecule has 1 saturated carbocycles. The summed E-state index contributed by atoms with van der Waals surface area (Å²) >= 11 is 0. The number of carbonyl (C=O) groups excluding carboxylic acids is 1. The zero-order valence-corrected chi connectivity index (χ0v) is 13.7. The second-order valence-electron chi connectivity index (χ2n) is 6.41. The number of nitrogens with zero attached hydrogens (tertiary/aromatic N) is 3. The summed E-state index contributed by atoms with van der Waals surface area (Å²) in [7, 11) is 0. The van der Waals surface area contributed by atoms with Crippen molar-refractivity contribution in [2.75, 3.05) is 6.54 Å². The van der Waals surface area contributed by atoms with Crippen LogP contribution in [0, 0.1) is 5.92 Å². The molecule has 134 valence electrons. The Kier molecular flexibility index (Phi) is 4.53. The lowest BCUT2D eigenvalue weighted by molar-refractivity contribution is -0.166. The zero-order valence-electron chi connectivity index (χ0n) is 13.7. The van der Waals surface area contributed by atoms with Gasteiger partial charge in [-0.15, -0.1) is 0 Å². The fraction of sp³-hybridized carbons (Fsp3) is 0.471. The van der Waals surface area contributed by atoms with Gasteiger partial charge in [0.05, 0.1) is 17.2 Å². The first-order chi connectivity index (χ1) is 11.8. The third kappa shape index (κ3) is 4.00. The first-order valence-corrected chi connectivity index (χ1v) is 8.06. The zero-order chi connectivity index (χ0) is 18.2. The Balaban J connectivity index is 1.85. The Morgan fingerprint density at radius 3 is 2.68 bits per heavy atom. The number of benzene rings is 1. The molecule has 1 aliphatic carbocycles. The van der Waals surface area contributed by atoms with E-state index in [-0.39, 0.29) is 5.92 Å². The van der Waals surface area contributed by atoms with E-state index >= 15 is 0 Å². The molecule has 0 saturated heterocycles. The highest BCUT2D eigenvalue weighted by Crippen LogP contribution is 2.36. The van der Waals surface area contributed by atoms with Crippen LogP contribution < -0.4 is 5.56 Å². The van der Waals surface area contributed by atoms with E-state index in [0.29, 0.717) is 10.9 Å². The van der Waals surface area contributed by atoms with E-state index in [1.54, 1.807) is 31.2 Å². The second kappa shape index (κ2) is 6.50. The van der Waals surface area contributed by atoms with Gasteiger partial charge in [0.1, 0.15) is 13.1 Å². The molecule has 1 unspecified atom stereocenters. The lowest BCUT2D eigenvalue weighted by atomic mass is 10.1. The lowest BCUT2D eigenvalue weighted by Gasteiger charge is -2.30. The Morgan fingerprint density at radius 1 is 1.36 bits per heavy atom. The summed E-state index contributed by atoms with van der Waals surface area (Å²) in [6.45, 7) is -0.133. The molecule has 5 nitrogen and oxygen atoms in total. The van der Waals surface area contributed by atoms with Gasteiger partial charge in [0, 0.05) is 6.04 Å². The van der Waals surface area contributed by atoms with Crippen LogP contribution in [0.1, 0.15) is 19.8 Å². The van der Waals surface area contributed by atoms with E-state index < -0.39 is 36.8 Å². The Hall–Kier alpha value is -2.38. The number of carbonyl (C=O) groups is 1. The molecule has 1 aliphatic rings. The van der Waals surface area contributed by atoms with Gasteiger partial charge < -0.3 is 4.90 Å². The molecule has 0 aliphatic heterocycles. The van der Waals surface area contributed by atoms with Crippen molar-refractivity contribution in [1.29, 1.82) is 0 Å². The molecule has 8 heteroatoms. The van der Waals surface area contributed by atoms with Crippen LogP contribution in [0.3, 0.4) is 0 Å². The minimum atomic E-state index is -4.48. The van der Waals surface area contributed by atoms with E-state index in [1.165, 1.54) is 6.33 Å². The minimum absolute atomic E-state index is 0.0951. The van der Waals surface area contributed by atoms with Gasteiger partial charge >= 0.3 is 6.18 Å². The van der Waals surface area contributed by atoms with Crippen molar-refractivity contribution in [3.8, 4) is 0 Å². The van der Waals surface area contributed by atoms with Crippen LogP contribution in [0.4, 0.5) is 13.2 Å². The molecular formula is C17H18F3N3O2. The van der Waals surface area contributed by atoms with Crippen molar-refractivity contribution >= 4 is 16.8 Å². The van der Waals surface area contributed by atoms with Gasteiger partial charge in [-0.05, 0) is 37.8 Å². The Bertz CT molecular complexity index is 843. The van der Waals surface area contributed by atoms with E-state index in [4.69, 9.17) is 0 Å². The van der Waals surface area contributed by atoms with E-state index in [0.717, 1.165) is 22.3 Å². The molecule has 3 rings (SSSR count). The highest BCUT2D eigenvalue weighted by atomic mass is 19.4. The van der Waals surface area contributed by atoms with E-state index in [1.807, 2.05) is 0 Å². The summed E-state index contributed by atoms with van der Waals surface area (Å²) in [5.41, 5.74) is 0.0414. The maximum absolute atomic E-state index is 12.9. The predicted octanol–water partition coefficient (Wildman–Crippen LogP) is 2.59. The van der Waals surface area contributed by atoms with Gasteiger partial charge in [0.15, 0.2) is 0 Å². The topological polar surface area (TPSA) is 55.2 Å². The van der Waals surface area contributed by atoms with Crippen molar-refractivity contribution in [2.24, 2.45) is 5.92 Å². The highest BCUT2D eigenvalue weighted by molar-refractivity contribution is 5.79. The van der Waals surface area contributed by atoms with Crippen LogP contribution in [0.25, 0.3) is 10.9 Å². The number of rotatable bonds is 5. The van der Waals surface area contributed by atoms with Gasteiger partial charge in [-0.25, -0.2) is 4.98 Å². The first-order valence-electron chi connectivity index (χ1n) is 8.06. The van der Waals surface area contributed by atoms with Gasteiger partial charge in [-0.1, -0.05) is 12.1 Å². The Morgan fingerprint density at radius 2 is 2.04 bits per heavy atom. The van der Waals surface area contributed by atoms with Gasteiger partial charge in [0.25, 0.3) is 5.56 Å². The van der Waals surface area contributed by atoms with Crippen LogP contribution in [-0.4, -0.2) is 39.1 Å². The molecule has 25 heavy (non-hydrogen) atoms. The summed E-state index contributed by atoms with van der Waals surface area (Å²) in [5, 5.41) is 0.329. The minimum Gasteiger partial charge on any atom is -0.329 e. The largest absolute Gasteiger partial charge is 0.406 e. The molecule has 1 atom stereocenters. The maximum Gasteiger partial charge on any atom is 0.406 e. The number of aromatic nitrogens is 2. The summed E-state index contributed by atoms with van der Waals surface area (Å²) in [6, 6.07) is 6.13. The van der Waals surface area contributed by atoms with E-state index in [2.05, 4.69) is 4.98 Å². The van der Waals surface area contributed by atoms with Crippen molar-refractivity contribution < 1.29 is 18.0 Å². The molecule has 0 N–H and O–H groups in total. The average molecular weight is 353 g/mol. The fourth-order valence-electron chi connectivity index (χ4n) is 2.94. The SMILES string of the molecule is CC(C1CC1)N(CC(F)(F)F)C(=O)Cn1cnc2ccccc2c1=O. The van der Waals surface area contributed by atoms with Crippen LogP contribution >= 0.6 is 0 Å². The number of para-hydroxylation sites is 1.